The lowest BCUT2D eigenvalue weighted by Gasteiger charge is -2.34. The van der Waals surface area contributed by atoms with Gasteiger partial charge in [-0.2, -0.15) is 0 Å². The van der Waals surface area contributed by atoms with Crippen LogP contribution in [0.3, 0.4) is 0 Å². The second-order valence-electron chi connectivity index (χ2n) is 12.1. The summed E-state index contributed by atoms with van der Waals surface area (Å²) >= 11 is 6.10. The molecule has 8 heteroatoms. The number of carbonyl (C=O) groups is 3. The molecule has 2 saturated heterocycles. The standard InChI is InChI=1S/C30H38ClN3O4/c1-29-16-17-30(38-29)24(23(29)26(35)32-21-8-4-2-5-9-21)28(37)34(18-19-12-14-20(31)15-13-19)25(30)27(36)33-22-10-6-3-7-11-22/h12-17,21-25H,2-11,18H2,1H3,(H,32,35)(H,33,36). The summed E-state index contributed by atoms with van der Waals surface area (Å²) in [6.45, 7) is 2.14. The molecule has 1 aromatic carbocycles. The van der Waals surface area contributed by atoms with Crippen molar-refractivity contribution in [3.05, 3.63) is 47.0 Å². The molecule has 38 heavy (non-hydrogen) atoms. The van der Waals surface area contributed by atoms with E-state index < -0.39 is 29.1 Å². The molecule has 6 rings (SSSR count). The van der Waals surface area contributed by atoms with E-state index in [2.05, 4.69) is 10.6 Å². The van der Waals surface area contributed by atoms with Gasteiger partial charge >= 0.3 is 0 Å². The molecule has 204 valence electrons. The van der Waals surface area contributed by atoms with Crippen LogP contribution in [0.5, 0.6) is 0 Å². The third-order valence-corrected chi connectivity index (χ3v) is 9.75. The summed E-state index contributed by atoms with van der Waals surface area (Å²) in [6.07, 6.45) is 14.4. The quantitative estimate of drug-likeness (QED) is 0.528. The average molecular weight is 540 g/mol. The van der Waals surface area contributed by atoms with Crippen molar-refractivity contribution in [3.8, 4) is 0 Å². The minimum absolute atomic E-state index is 0.0998. The van der Waals surface area contributed by atoms with Crippen LogP contribution in [0.1, 0.15) is 76.7 Å². The summed E-state index contributed by atoms with van der Waals surface area (Å²) < 4.78 is 6.66. The molecule has 2 N–H and O–H groups in total. The van der Waals surface area contributed by atoms with Crippen LogP contribution in [0.4, 0.5) is 0 Å². The number of likely N-dealkylation sites (tertiary alicyclic amines) is 1. The highest BCUT2D eigenvalue weighted by atomic mass is 35.5. The van der Waals surface area contributed by atoms with Crippen LogP contribution in [0, 0.1) is 11.8 Å². The van der Waals surface area contributed by atoms with E-state index in [1.165, 1.54) is 12.8 Å². The van der Waals surface area contributed by atoms with Crippen LogP contribution in [-0.4, -0.2) is 51.9 Å². The van der Waals surface area contributed by atoms with Crippen LogP contribution in [0.2, 0.25) is 5.02 Å². The Hall–Kier alpha value is -2.38. The third-order valence-electron chi connectivity index (χ3n) is 9.50. The van der Waals surface area contributed by atoms with Gasteiger partial charge in [0, 0.05) is 23.7 Å². The molecule has 3 aliphatic heterocycles. The molecule has 2 saturated carbocycles. The Morgan fingerprint density at radius 3 is 2.11 bits per heavy atom. The fraction of sp³-hybridized carbons (Fsp3) is 0.633. The Balaban J connectivity index is 1.33. The van der Waals surface area contributed by atoms with Crippen molar-refractivity contribution in [2.24, 2.45) is 11.8 Å². The number of fused-ring (bicyclic) bond motifs is 1. The van der Waals surface area contributed by atoms with Crippen LogP contribution >= 0.6 is 11.6 Å². The number of ether oxygens (including phenoxy) is 1. The monoisotopic (exact) mass is 539 g/mol. The molecular formula is C30H38ClN3O4. The highest BCUT2D eigenvalue weighted by Gasteiger charge is 2.76. The van der Waals surface area contributed by atoms with E-state index in [1.54, 1.807) is 17.0 Å². The van der Waals surface area contributed by atoms with E-state index in [-0.39, 0.29) is 36.3 Å². The topological polar surface area (TPSA) is 87.7 Å². The summed E-state index contributed by atoms with van der Waals surface area (Å²) in [5.74, 6) is -1.94. The predicted octanol–water partition coefficient (Wildman–Crippen LogP) is 4.28. The smallest absolute Gasteiger partial charge is 0.246 e. The van der Waals surface area contributed by atoms with Gasteiger partial charge in [0.2, 0.25) is 17.7 Å². The van der Waals surface area contributed by atoms with E-state index in [4.69, 9.17) is 16.3 Å². The van der Waals surface area contributed by atoms with E-state index >= 15 is 0 Å². The zero-order valence-corrected chi connectivity index (χ0v) is 22.8. The van der Waals surface area contributed by atoms with Gasteiger partial charge in [-0.1, -0.05) is 74.4 Å². The van der Waals surface area contributed by atoms with E-state index in [0.29, 0.717) is 5.02 Å². The zero-order chi connectivity index (χ0) is 26.5. The Kier molecular flexibility index (Phi) is 6.79. The Morgan fingerprint density at radius 2 is 1.50 bits per heavy atom. The summed E-state index contributed by atoms with van der Waals surface area (Å²) in [5.41, 5.74) is -1.21. The number of carbonyl (C=O) groups excluding carboxylic acids is 3. The maximum absolute atomic E-state index is 14.2. The lowest BCUT2D eigenvalue weighted by Crippen LogP contribution is -2.56. The van der Waals surface area contributed by atoms with Crippen molar-refractivity contribution in [1.82, 2.24) is 15.5 Å². The van der Waals surface area contributed by atoms with Gasteiger partial charge in [0.05, 0.1) is 17.4 Å². The Bertz CT molecular complexity index is 1130. The van der Waals surface area contributed by atoms with Crippen LogP contribution < -0.4 is 10.6 Å². The number of benzene rings is 1. The molecule has 7 nitrogen and oxygen atoms in total. The molecule has 5 atom stereocenters. The number of nitrogens with one attached hydrogen (secondary N) is 2. The SMILES string of the molecule is CC12C=CC3(O1)C(C(=O)N(Cc1ccc(Cl)cc1)C3C(=O)NC1CCCCC1)C2C(=O)NC1CCCCC1. The largest absolute Gasteiger partial charge is 0.356 e. The molecule has 4 fully saturated rings. The molecule has 0 radical (unpaired) electrons. The highest BCUT2D eigenvalue weighted by Crippen LogP contribution is 2.60. The van der Waals surface area contributed by atoms with Gasteiger partial charge in [0.1, 0.15) is 11.6 Å². The lowest BCUT2D eigenvalue weighted by molar-refractivity contribution is -0.146. The number of hydrogen-bond donors (Lipinski definition) is 2. The fourth-order valence-electron chi connectivity index (χ4n) is 7.65. The van der Waals surface area contributed by atoms with Gasteiger partial charge in [-0.3, -0.25) is 14.4 Å². The number of nitrogens with zero attached hydrogens (tertiary/aromatic N) is 1. The van der Waals surface area contributed by atoms with Crippen LogP contribution in [0.15, 0.2) is 36.4 Å². The van der Waals surface area contributed by atoms with Crippen molar-refractivity contribution in [1.29, 1.82) is 0 Å². The molecular weight excluding hydrogens is 502 g/mol. The van der Waals surface area contributed by atoms with Crippen molar-refractivity contribution >= 4 is 29.3 Å². The lowest BCUT2D eigenvalue weighted by atomic mass is 9.70. The second kappa shape index (κ2) is 9.98. The predicted molar refractivity (Wildman–Crippen MR) is 144 cm³/mol. The molecule has 1 aromatic rings. The third kappa shape index (κ3) is 4.36. The molecule has 0 aromatic heterocycles. The average Bonchev–Trinajstić information content (AvgIpc) is 3.47. The molecule has 1 spiro atoms. The fourth-order valence-corrected chi connectivity index (χ4v) is 7.78. The van der Waals surface area contributed by atoms with Gasteiger partial charge < -0.3 is 20.3 Å². The first-order chi connectivity index (χ1) is 18.3. The Morgan fingerprint density at radius 1 is 0.921 bits per heavy atom. The number of amides is 3. The first-order valence-electron chi connectivity index (χ1n) is 14.4. The number of rotatable bonds is 6. The van der Waals surface area contributed by atoms with Crippen molar-refractivity contribution < 1.29 is 19.1 Å². The number of halogens is 1. The van der Waals surface area contributed by atoms with Gasteiger partial charge in [0.25, 0.3) is 0 Å². The summed E-state index contributed by atoms with van der Waals surface area (Å²) in [5, 5.41) is 7.10. The minimum atomic E-state index is -1.16. The Labute approximate surface area is 229 Å². The van der Waals surface area contributed by atoms with E-state index in [1.807, 2.05) is 31.2 Å². The molecule has 5 unspecified atom stereocenters. The normalized spacial score (nSPS) is 34.9. The molecule has 2 bridgehead atoms. The summed E-state index contributed by atoms with van der Waals surface area (Å²) in [7, 11) is 0. The van der Waals surface area contributed by atoms with Crippen LogP contribution in [-0.2, 0) is 25.7 Å². The highest BCUT2D eigenvalue weighted by molar-refractivity contribution is 6.30. The molecule has 3 amide bonds. The first-order valence-corrected chi connectivity index (χ1v) is 14.7. The van der Waals surface area contributed by atoms with E-state index in [9.17, 15) is 14.4 Å². The minimum Gasteiger partial charge on any atom is -0.356 e. The second-order valence-corrected chi connectivity index (χ2v) is 12.5. The molecule has 2 aliphatic carbocycles. The van der Waals surface area contributed by atoms with E-state index in [0.717, 1.165) is 56.9 Å². The van der Waals surface area contributed by atoms with Gasteiger partial charge in [0.15, 0.2) is 0 Å². The van der Waals surface area contributed by atoms with Gasteiger partial charge in [-0.25, -0.2) is 0 Å². The zero-order valence-electron chi connectivity index (χ0n) is 22.1. The summed E-state index contributed by atoms with van der Waals surface area (Å²) in [4.78, 5) is 43.6. The first kappa shape index (κ1) is 25.9. The maximum Gasteiger partial charge on any atom is 0.246 e. The maximum atomic E-state index is 14.2. The van der Waals surface area contributed by atoms with Gasteiger partial charge in [-0.15, -0.1) is 0 Å². The van der Waals surface area contributed by atoms with Crippen LogP contribution in [0.25, 0.3) is 0 Å². The van der Waals surface area contributed by atoms with Crippen molar-refractivity contribution in [3.63, 3.8) is 0 Å². The molecule has 5 aliphatic rings. The van der Waals surface area contributed by atoms with Gasteiger partial charge in [-0.05, 0) is 50.3 Å². The summed E-state index contributed by atoms with van der Waals surface area (Å²) in [6, 6.07) is 6.71. The number of hydrogen-bond acceptors (Lipinski definition) is 4. The molecule has 3 heterocycles. The van der Waals surface area contributed by atoms with Crippen molar-refractivity contribution in [2.75, 3.05) is 0 Å². The van der Waals surface area contributed by atoms with Crippen molar-refractivity contribution in [2.45, 2.75) is 107 Å².